The summed E-state index contributed by atoms with van der Waals surface area (Å²) in [6, 6.07) is -2.64. The van der Waals surface area contributed by atoms with Crippen molar-refractivity contribution >= 4 is 59.2 Å². The Labute approximate surface area is 340 Å². The van der Waals surface area contributed by atoms with Crippen LogP contribution in [0.2, 0.25) is 0 Å². The highest BCUT2D eigenvalue weighted by atomic mass is 16.4. The number of nitrogens with one attached hydrogen (secondary N) is 6. The van der Waals surface area contributed by atoms with Crippen LogP contribution in [-0.4, -0.2) is 122 Å². The molecule has 22 nitrogen and oxygen atoms in total. The Morgan fingerprint density at radius 1 is 0.644 bits per heavy atom. The molecule has 16 N–H and O–H groups in total. The number of phenols is 1. The van der Waals surface area contributed by atoms with E-state index >= 15 is 0 Å². The maximum atomic E-state index is 13.7. The molecule has 0 spiro atoms. The van der Waals surface area contributed by atoms with Crippen molar-refractivity contribution in [2.24, 2.45) is 23.1 Å². The Morgan fingerprint density at radius 2 is 1.07 bits per heavy atom. The fraction of sp³-hybridized carbons (Fsp3) is 0.568. The van der Waals surface area contributed by atoms with Gasteiger partial charge in [0.15, 0.2) is 5.78 Å². The monoisotopic (exact) mass is 836 g/mol. The fourth-order valence-electron chi connectivity index (χ4n) is 5.55. The Balaban J connectivity index is 3.33. The van der Waals surface area contributed by atoms with Gasteiger partial charge in [-0.15, -0.1) is 0 Å². The summed E-state index contributed by atoms with van der Waals surface area (Å²) in [5.74, 6) is -9.87. The molecule has 1 rings (SSSR count). The molecule has 0 radical (unpaired) electrons. The van der Waals surface area contributed by atoms with Crippen molar-refractivity contribution in [3.8, 4) is 5.75 Å². The van der Waals surface area contributed by atoms with Gasteiger partial charge in [0.05, 0.1) is 18.6 Å². The number of rotatable bonds is 28. The molecule has 0 bridgehead atoms. The normalized spacial score (nSPS) is 14.4. The van der Waals surface area contributed by atoms with Crippen molar-refractivity contribution in [3.63, 3.8) is 0 Å². The van der Waals surface area contributed by atoms with E-state index in [4.69, 9.17) is 17.2 Å². The molecule has 0 saturated carbocycles. The summed E-state index contributed by atoms with van der Waals surface area (Å²) < 4.78 is 0. The minimum atomic E-state index is -1.71. The minimum absolute atomic E-state index is 0.0269. The van der Waals surface area contributed by atoms with Crippen LogP contribution in [0.1, 0.15) is 84.1 Å². The molecule has 0 aliphatic carbocycles. The maximum Gasteiger partial charge on any atom is 0.338 e. The van der Waals surface area contributed by atoms with Crippen molar-refractivity contribution in [2.45, 2.75) is 121 Å². The number of carbonyl (C=O) groups is 9. The number of aliphatic carboxylic acids is 3. The predicted molar refractivity (Wildman–Crippen MR) is 209 cm³/mol. The van der Waals surface area contributed by atoms with Gasteiger partial charge in [-0.2, -0.15) is 0 Å². The Hall–Kier alpha value is -6.32. The third kappa shape index (κ3) is 20.1. The van der Waals surface area contributed by atoms with Crippen LogP contribution in [0, 0.1) is 5.92 Å². The number of nitrogens with two attached hydrogens (primary N) is 3. The summed E-state index contributed by atoms with van der Waals surface area (Å²) in [5, 5.41) is 49.7. The van der Waals surface area contributed by atoms with Gasteiger partial charge >= 0.3 is 23.9 Å². The molecule has 1 aromatic carbocycles. The molecule has 59 heavy (non-hydrogen) atoms. The third-order valence-electron chi connectivity index (χ3n) is 9.17. The molecule has 0 aliphatic rings. The minimum Gasteiger partial charge on any atom is -0.508 e. The van der Waals surface area contributed by atoms with E-state index in [1.54, 1.807) is 13.8 Å². The second kappa shape index (κ2) is 25.8. The van der Waals surface area contributed by atoms with E-state index in [1.165, 1.54) is 31.2 Å². The molecule has 0 aliphatic heterocycles. The second-order valence-electron chi connectivity index (χ2n) is 14.0. The largest absolute Gasteiger partial charge is 0.508 e. The number of aromatic hydroxyl groups is 1. The standard InChI is InChI=1S/C37H57N9O13/c1-4-19(2)31(36(59)42-24(20(3)47)6-5-17-41-37(39)40)46-35(58)27(13-16-30(53)54)45-34(57)26(12-15-29(51)52)44-33(56)25(11-14-28(49)50)43-32(55)23(38)18-21-7-9-22(48)10-8-21/h7-10,19,23-27,31,48H,4-6,11-18,38H2,1-3H3,(H,42,59)(H,43,55)(H,44,56)(H,45,57)(H,46,58)(H,49,50)(H,51,52)(H,53,54)(H4,39,40,41)/p+1. The summed E-state index contributed by atoms with van der Waals surface area (Å²) in [6.07, 6.45) is -2.61. The summed E-state index contributed by atoms with van der Waals surface area (Å²) >= 11 is 0. The van der Waals surface area contributed by atoms with Crippen LogP contribution in [0.25, 0.3) is 0 Å². The van der Waals surface area contributed by atoms with Gasteiger partial charge in [-0.05, 0) is 69.1 Å². The lowest BCUT2D eigenvalue weighted by Crippen LogP contribution is -2.78. The van der Waals surface area contributed by atoms with E-state index in [9.17, 15) is 63.6 Å². The van der Waals surface area contributed by atoms with Gasteiger partial charge in [-0.1, -0.05) is 32.4 Å². The first-order chi connectivity index (χ1) is 27.6. The second-order valence-corrected chi connectivity index (χ2v) is 14.0. The molecule has 0 aromatic heterocycles. The summed E-state index contributed by atoms with van der Waals surface area (Å²) in [6.45, 7) is 4.94. The Morgan fingerprint density at radius 3 is 1.47 bits per heavy atom. The Kier molecular flexibility index (Phi) is 22.2. The van der Waals surface area contributed by atoms with Gasteiger partial charge in [0.25, 0.3) is 0 Å². The number of guanidine groups is 1. The van der Waals surface area contributed by atoms with Crippen molar-refractivity contribution in [3.05, 3.63) is 29.8 Å². The van der Waals surface area contributed by atoms with E-state index in [0.717, 1.165) is 0 Å². The molecule has 0 fully saturated rings. The van der Waals surface area contributed by atoms with Crippen LogP contribution in [0.5, 0.6) is 5.75 Å². The van der Waals surface area contributed by atoms with Gasteiger partial charge in [-0.3, -0.25) is 59.6 Å². The quantitative estimate of drug-likeness (QED) is 0.0218. The molecule has 7 unspecified atom stereocenters. The first-order valence-corrected chi connectivity index (χ1v) is 19.0. The third-order valence-corrected chi connectivity index (χ3v) is 9.17. The van der Waals surface area contributed by atoms with Crippen molar-refractivity contribution in [1.29, 1.82) is 0 Å². The van der Waals surface area contributed by atoms with Gasteiger partial charge in [0, 0.05) is 19.3 Å². The van der Waals surface area contributed by atoms with Crippen molar-refractivity contribution in [1.82, 2.24) is 26.6 Å². The zero-order valence-corrected chi connectivity index (χ0v) is 33.3. The first-order valence-electron chi connectivity index (χ1n) is 19.0. The molecule has 7 atom stereocenters. The van der Waals surface area contributed by atoms with Crippen LogP contribution < -0.4 is 48.8 Å². The average Bonchev–Trinajstić information content (AvgIpc) is 3.16. The number of ketones is 1. The molecule has 0 heterocycles. The smallest absolute Gasteiger partial charge is 0.338 e. The van der Waals surface area contributed by atoms with Crippen LogP contribution >= 0.6 is 0 Å². The number of carboxylic acids is 3. The molecular weight excluding hydrogens is 778 g/mol. The highest BCUT2D eigenvalue weighted by molar-refractivity contribution is 5.97. The van der Waals surface area contributed by atoms with Crippen molar-refractivity contribution < 1.29 is 68.6 Å². The number of phenolic OH excluding ortho intramolecular Hbond substituents is 1. The number of amides is 5. The lowest BCUT2D eigenvalue weighted by atomic mass is 9.96. The van der Waals surface area contributed by atoms with E-state index in [-0.39, 0.29) is 30.3 Å². The number of Topliss-reactive ketones (excluding diaryl/α,β-unsaturated/α-hetero) is 1. The van der Waals surface area contributed by atoms with E-state index in [2.05, 4.69) is 31.6 Å². The SMILES string of the molecule is CCC(C)C(NC(=O)C(CCC(=O)O)NC(=O)C(CCC(=O)O)NC(=O)C(CCC(=O)O)NC(=O)C(N)Cc1ccc(O)cc1)C(=O)NC(CCC[NH+]=C(N)N)C(C)=O. The molecule has 0 saturated heterocycles. The van der Waals surface area contributed by atoms with E-state index < -0.39 is 128 Å². The first kappa shape index (κ1) is 50.7. The number of benzene rings is 1. The molecule has 5 amide bonds. The van der Waals surface area contributed by atoms with E-state index in [1.807, 2.05) is 0 Å². The molecular formula is C37H58N9O13+. The number of hydrogen-bond donors (Lipinski definition) is 13. The number of carbonyl (C=O) groups excluding carboxylic acids is 6. The topological polar surface area (TPSA) is 387 Å². The maximum absolute atomic E-state index is 13.7. The van der Waals surface area contributed by atoms with Crippen LogP contribution in [0.3, 0.4) is 0 Å². The van der Waals surface area contributed by atoms with Gasteiger partial charge in [-0.25, -0.2) is 0 Å². The van der Waals surface area contributed by atoms with Gasteiger partial charge in [0.2, 0.25) is 29.5 Å². The summed E-state index contributed by atoms with van der Waals surface area (Å²) in [4.78, 5) is 117. The zero-order valence-electron chi connectivity index (χ0n) is 33.3. The van der Waals surface area contributed by atoms with Crippen molar-refractivity contribution in [2.75, 3.05) is 6.54 Å². The molecule has 328 valence electrons. The highest BCUT2D eigenvalue weighted by Gasteiger charge is 2.34. The van der Waals surface area contributed by atoms with Gasteiger partial charge in [0.1, 0.15) is 29.9 Å². The zero-order chi connectivity index (χ0) is 44.8. The molecule has 1 aromatic rings. The predicted octanol–water partition coefficient (Wildman–Crippen LogP) is -3.95. The van der Waals surface area contributed by atoms with Crippen LogP contribution in [0.15, 0.2) is 24.3 Å². The van der Waals surface area contributed by atoms with E-state index in [0.29, 0.717) is 24.9 Å². The number of carboxylic acid groups (broad SMARTS) is 3. The van der Waals surface area contributed by atoms with Crippen LogP contribution in [0.4, 0.5) is 0 Å². The Bertz CT molecular complexity index is 1670. The molecule has 22 heteroatoms. The highest BCUT2D eigenvalue weighted by Crippen LogP contribution is 2.13. The summed E-state index contributed by atoms with van der Waals surface area (Å²) in [7, 11) is 0. The lowest BCUT2D eigenvalue weighted by Gasteiger charge is -2.29. The lowest BCUT2D eigenvalue weighted by molar-refractivity contribution is -0.459. The van der Waals surface area contributed by atoms with Crippen LogP contribution in [-0.2, 0) is 49.6 Å². The number of hydrogen-bond acceptors (Lipinski definition) is 11. The fourth-order valence-corrected chi connectivity index (χ4v) is 5.55. The average molecular weight is 837 g/mol. The van der Waals surface area contributed by atoms with Gasteiger partial charge < -0.3 is 52.7 Å². The summed E-state index contributed by atoms with van der Waals surface area (Å²) in [5.41, 5.74) is 17.3.